The normalized spacial score (nSPS) is 11.2. The number of nitrogens with zero attached hydrogens (tertiary/aromatic N) is 3. The zero-order valence-corrected chi connectivity index (χ0v) is 16.3. The van der Waals surface area contributed by atoms with Gasteiger partial charge in [0.2, 0.25) is 5.71 Å². The lowest BCUT2D eigenvalue weighted by Crippen LogP contribution is -2.45. The molecule has 1 rings (SSSR count). The summed E-state index contributed by atoms with van der Waals surface area (Å²) in [4.78, 5) is 24.2. The van der Waals surface area contributed by atoms with Crippen molar-refractivity contribution in [3.63, 3.8) is 0 Å². The summed E-state index contributed by atoms with van der Waals surface area (Å²) in [6.45, 7) is 7.05. The van der Waals surface area contributed by atoms with Crippen LogP contribution in [0.4, 0.5) is 10.5 Å². The first kappa shape index (κ1) is 22.5. The summed E-state index contributed by atoms with van der Waals surface area (Å²) < 4.78 is 10.2. The van der Waals surface area contributed by atoms with Crippen molar-refractivity contribution < 1.29 is 19.1 Å². The molecule has 0 fully saturated rings. The Morgan fingerprint density at radius 3 is 2.29 bits per heavy atom. The number of alkyl carbamates (subject to hydrolysis) is 1. The van der Waals surface area contributed by atoms with Gasteiger partial charge in [-0.3, -0.25) is 5.43 Å². The van der Waals surface area contributed by atoms with Crippen LogP contribution in [0.3, 0.4) is 0 Å². The summed E-state index contributed by atoms with van der Waals surface area (Å²) in [5, 5.41) is 23.5. The highest BCUT2D eigenvalue weighted by atomic mass is 16.6. The number of benzene rings is 1. The fourth-order valence-corrected chi connectivity index (χ4v) is 2.03. The summed E-state index contributed by atoms with van der Waals surface area (Å²) in [6.07, 6.45) is -0.512. The number of nitriles is 2. The summed E-state index contributed by atoms with van der Waals surface area (Å²) in [6, 6.07) is 9.15. The van der Waals surface area contributed by atoms with E-state index in [1.165, 1.54) is 0 Å². The number of carbonyl (C=O) groups is 2. The van der Waals surface area contributed by atoms with Gasteiger partial charge in [0.15, 0.2) is 0 Å². The number of hydrazone groups is 1. The number of nitrogens with one attached hydrogen (secondary N) is 2. The third-order valence-electron chi connectivity index (χ3n) is 3.16. The molecule has 0 bridgehead atoms. The molecule has 0 saturated heterocycles. The van der Waals surface area contributed by atoms with Crippen LogP contribution in [0.2, 0.25) is 0 Å². The number of hydrogen-bond donors (Lipinski definition) is 2. The molecule has 0 aliphatic carbocycles. The van der Waals surface area contributed by atoms with Gasteiger partial charge in [0, 0.05) is 6.42 Å². The minimum absolute atomic E-state index is 0.187. The molecule has 0 spiro atoms. The van der Waals surface area contributed by atoms with Crippen molar-refractivity contribution in [1.29, 1.82) is 10.5 Å². The van der Waals surface area contributed by atoms with Crippen molar-refractivity contribution in [3.8, 4) is 12.1 Å². The quantitative estimate of drug-likeness (QED) is 0.418. The third kappa shape index (κ3) is 8.19. The van der Waals surface area contributed by atoms with Crippen LogP contribution in [0.15, 0.2) is 29.4 Å². The van der Waals surface area contributed by atoms with E-state index in [0.29, 0.717) is 5.69 Å². The average molecular weight is 385 g/mol. The van der Waals surface area contributed by atoms with E-state index in [0.717, 1.165) is 5.56 Å². The Labute approximate surface area is 163 Å². The predicted octanol–water partition coefficient (Wildman–Crippen LogP) is 2.50. The molecule has 28 heavy (non-hydrogen) atoms. The third-order valence-corrected chi connectivity index (χ3v) is 3.16. The van der Waals surface area contributed by atoms with E-state index in [2.05, 4.69) is 15.8 Å². The van der Waals surface area contributed by atoms with Crippen LogP contribution in [0.5, 0.6) is 0 Å². The number of carbonyl (C=O) groups excluding carboxylic acids is 2. The first-order valence-corrected chi connectivity index (χ1v) is 8.57. The van der Waals surface area contributed by atoms with E-state index >= 15 is 0 Å². The summed E-state index contributed by atoms with van der Waals surface area (Å²) in [5.74, 6) is -0.562. The van der Waals surface area contributed by atoms with Gasteiger partial charge in [-0.25, -0.2) is 9.59 Å². The van der Waals surface area contributed by atoms with Crippen LogP contribution in [-0.4, -0.2) is 36.0 Å². The zero-order chi connectivity index (χ0) is 21.2. The Morgan fingerprint density at radius 1 is 1.18 bits per heavy atom. The highest BCUT2D eigenvalue weighted by Gasteiger charge is 2.25. The Balaban J connectivity index is 2.84. The van der Waals surface area contributed by atoms with E-state index in [9.17, 15) is 9.59 Å². The number of ether oxygens (including phenoxy) is 2. The van der Waals surface area contributed by atoms with Crippen LogP contribution < -0.4 is 10.7 Å². The lowest BCUT2D eigenvalue weighted by molar-refractivity contribution is -0.145. The molecule has 148 valence electrons. The van der Waals surface area contributed by atoms with E-state index < -0.39 is 23.7 Å². The fourth-order valence-electron chi connectivity index (χ4n) is 2.03. The van der Waals surface area contributed by atoms with Crippen LogP contribution >= 0.6 is 0 Å². The molecule has 0 heterocycles. The number of hydrogen-bond acceptors (Lipinski definition) is 8. The lowest BCUT2D eigenvalue weighted by Gasteiger charge is -2.23. The molecule has 1 aromatic rings. The van der Waals surface area contributed by atoms with Crippen molar-refractivity contribution in [2.75, 3.05) is 12.0 Å². The first-order chi connectivity index (χ1) is 13.2. The molecule has 1 aromatic carbocycles. The molecule has 0 saturated carbocycles. The maximum atomic E-state index is 12.2. The Kier molecular flexibility index (Phi) is 8.45. The second kappa shape index (κ2) is 10.5. The van der Waals surface area contributed by atoms with E-state index in [1.807, 2.05) is 0 Å². The maximum Gasteiger partial charge on any atom is 0.408 e. The highest BCUT2D eigenvalue weighted by Crippen LogP contribution is 2.13. The van der Waals surface area contributed by atoms with E-state index in [-0.39, 0.29) is 18.7 Å². The monoisotopic (exact) mass is 385 g/mol. The minimum Gasteiger partial charge on any atom is -0.464 e. The van der Waals surface area contributed by atoms with Gasteiger partial charge < -0.3 is 14.8 Å². The van der Waals surface area contributed by atoms with E-state index in [4.69, 9.17) is 20.0 Å². The van der Waals surface area contributed by atoms with E-state index in [1.54, 1.807) is 64.1 Å². The van der Waals surface area contributed by atoms with Gasteiger partial charge in [0.05, 0.1) is 12.3 Å². The topological polar surface area (TPSA) is 137 Å². The Morgan fingerprint density at radius 2 is 1.79 bits per heavy atom. The largest absolute Gasteiger partial charge is 0.464 e. The molecule has 0 aliphatic heterocycles. The molecule has 1 unspecified atom stereocenters. The molecular weight excluding hydrogens is 362 g/mol. The second-order valence-electron chi connectivity index (χ2n) is 6.65. The van der Waals surface area contributed by atoms with Gasteiger partial charge in [-0.15, -0.1) is 0 Å². The number of rotatable bonds is 7. The van der Waals surface area contributed by atoms with Crippen molar-refractivity contribution in [3.05, 3.63) is 29.8 Å². The van der Waals surface area contributed by atoms with Crippen LogP contribution in [0.1, 0.15) is 33.3 Å². The smallest absolute Gasteiger partial charge is 0.408 e. The average Bonchev–Trinajstić information content (AvgIpc) is 2.62. The molecule has 0 radical (unpaired) electrons. The van der Waals surface area contributed by atoms with Crippen LogP contribution in [0, 0.1) is 22.7 Å². The molecule has 0 aromatic heterocycles. The van der Waals surface area contributed by atoms with Crippen molar-refractivity contribution >= 4 is 23.5 Å². The van der Waals surface area contributed by atoms with Crippen molar-refractivity contribution in [1.82, 2.24) is 5.32 Å². The van der Waals surface area contributed by atoms with Gasteiger partial charge >= 0.3 is 12.1 Å². The second-order valence-corrected chi connectivity index (χ2v) is 6.65. The molecule has 2 N–H and O–H groups in total. The highest BCUT2D eigenvalue weighted by molar-refractivity contribution is 6.10. The summed E-state index contributed by atoms with van der Waals surface area (Å²) >= 11 is 0. The molecule has 0 aliphatic rings. The summed E-state index contributed by atoms with van der Waals surface area (Å²) in [7, 11) is 0. The number of amides is 1. The standard InChI is InChI=1S/C19H23N5O4/c1-5-27-17(25)16(22-18(26)28-19(2,3)4)10-13-6-8-14(9-7-13)23-24-15(11-20)12-21/h6-9,16,23H,5,10H2,1-4H3,(H,22,26). The minimum atomic E-state index is -0.907. The van der Waals surface area contributed by atoms with Gasteiger partial charge in [-0.1, -0.05) is 12.1 Å². The van der Waals surface area contributed by atoms with Crippen LogP contribution in [-0.2, 0) is 20.7 Å². The summed E-state index contributed by atoms with van der Waals surface area (Å²) in [5.41, 5.74) is 2.91. The SMILES string of the molecule is CCOC(=O)C(Cc1ccc(NN=C(C#N)C#N)cc1)NC(=O)OC(C)(C)C. The number of anilines is 1. The van der Waals surface area contributed by atoms with Gasteiger partial charge in [-0.05, 0) is 45.4 Å². The molecule has 9 heteroatoms. The zero-order valence-electron chi connectivity index (χ0n) is 16.3. The first-order valence-electron chi connectivity index (χ1n) is 8.57. The molecular formula is C19H23N5O4. The maximum absolute atomic E-state index is 12.2. The fraction of sp³-hybridized carbons (Fsp3) is 0.421. The number of esters is 1. The molecule has 1 atom stereocenters. The lowest BCUT2D eigenvalue weighted by atomic mass is 10.1. The van der Waals surface area contributed by atoms with Gasteiger partial charge in [0.25, 0.3) is 0 Å². The Hall–Kier alpha value is -3.59. The van der Waals surface area contributed by atoms with Crippen molar-refractivity contribution in [2.45, 2.75) is 45.8 Å². The Bertz CT molecular complexity index is 782. The molecule has 9 nitrogen and oxygen atoms in total. The predicted molar refractivity (Wildman–Crippen MR) is 102 cm³/mol. The molecule has 1 amide bonds. The van der Waals surface area contributed by atoms with Gasteiger partial charge in [0.1, 0.15) is 23.8 Å². The van der Waals surface area contributed by atoms with Gasteiger partial charge in [-0.2, -0.15) is 15.6 Å². The van der Waals surface area contributed by atoms with Crippen molar-refractivity contribution in [2.24, 2.45) is 5.10 Å². The van der Waals surface area contributed by atoms with Crippen LogP contribution in [0.25, 0.3) is 0 Å².